The number of aromatic nitrogens is 2. The third kappa shape index (κ3) is 2.49. The molecule has 0 aliphatic carbocycles. The summed E-state index contributed by atoms with van der Waals surface area (Å²) in [7, 11) is 0. The lowest BCUT2D eigenvalue weighted by molar-refractivity contribution is 0.0973. The zero-order valence-corrected chi connectivity index (χ0v) is 14.0. The van der Waals surface area contributed by atoms with E-state index in [1.807, 2.05) is 34.4 Å². The molecule has 0 aromatic carbocycles. The van der Waals surface area contributed by atoms with E-state index in [2.05, 4.69) is 4.98 Å². The zero-order chi connectivity index (χ0) is 17.7. The lowest BCUT2D eigenvalue weighted by Crippen LogP contribution is -2.51. The molecule has 2 fully saturated rings. The van der Waals surface area contributed by atoms with Crippen LogP contribution in [-0.2, 0) is 11.7 Å². The molecule has 0 unspecified atom stereocenters. The number of halogens is 1. The van der Waals surface area contributed by atoms with Gasteiger partial charge in [0, 0.05) is 41.8 Å². The molecule has 21 heavy (non-hydrogen) atoms. The number of piperidine rings is 1. The van der Waals surface area contributed by atoms with Crippen molar-refractivity contribution in [3.63, 3.8) is 0 Å². The smallest absolute Gasteiger partial charge is 0.268 e. The Morgan fingerprint density at radius 2 is 2.29 bits per heavy atom. The summed E-state index contributed by atoms with van der Waals surface area (Å²) in [6, 6.07) is -0.0193. The number of hydrogen-bond donors (Lipinski definition) is 1. The lowest BCUT2D eigenvalue weighted by Gasteiger charge is -2.41. The van der Waals surface area contributed by atoms with Crippen LogP contribution in [0.3, 0.4) is 0 Å². The first-order valence-electron chi connectivity index (χ1n) is 8.56. The Kier molecular flexibility index (Phi) is 3.11. The predicted molar refractivity (Wildman–Crippen MR) is 89.5 cm³/mol. The standard InChI is InChI=1S/C14H21IN4O2/c1-9-11(16)14(8-21-9)3-5-19(6-4-14)13-17-7-10(15)12(20)18(13)2/h7,9,11H,3-6,8,16H2,1-2H3/t9-,11+/m0/s1/i2D3. The van der Waals surface area contributed by atoms with Crippen LogP contribution < -0.4 is 16.2 Å². The molecule has 3 rings (SSSR count). The van der Waals surface area contributed by atoms with Gasteiger partial charge in [-0.05, 0) is 42.4 Å². The maximum Gasteiger partial charge on any atom is 0.268 e. The quantitative estimate of drug-likeness (QED) is 0.695. The number of hydrogen-bond acceptors (Lipinski definition) is 5. The Balaban J connectivity index is 1.88. The third-order valence-corrected chi connectivity index (χ3v) is 5.53. The number of nitrogens with zero attached hydrogens (tertiary/aromatic N) is 3. The first-order valence-corrected chi connectivity index (χ1v) is 8.14. The summed E-state index contributed by atoms with van der Waals surface area (Å²) >= 11 is 1.81. The number of anilines is 1. The molecular formula is C14H21IN4O2. The van der Waals surface area contributed by atoms with E-state index >= 15 is 0 Å². The Morgan fingerprint density at radius 1 is 1.57 bits per heavy atom. The average molecular weight is 407 g/mol. The van der Waals surface area contributed by atoms with Crippen molar-refractivity contribution in [1.29, 1.82) is 0 Å². The molecule has 1 aromatic rings. The Labute approximate surface area is 142 Å². The van der Waals surface area contributed by atoms with Crippen LogP contribution >= 0.6 is 22.6 Å². The van der Waals surface area contributed by atoms with E-state index < -0.39 is 12.5 Å². The molecule has 6 nitrogen and oxygen atoms in total. The predicted octanol–water partition coefficient (Wildman–Crippen LogP) is 0.718. The van der Waals surface area contributed by atoms with Crippen molar-refractivity contribution in [2.45, 2.75) is 31.9 Å². The van der Waals surface area contributed by atoms with E-state index in [0.29, 0.717) is 23.3 Å². The van der Waals surface area contributed by atoms with Crippen LogP contribution in [0.2, 0.25) is 0 Å². The van der Waals surface area contributed by atoms with Crippen molar-refractivity contribution >= 4 is 28.5 Å². The van der Waals surface area contributed by atoms with Gasteiger partial charge in [-0.3, -0.25) is 9.36 Å². The normalized spacial score (nSPS) is 31.0. The second kappa shape index (κ2) is 5.51. The molecule has 0 radical (unpaired) electrons. The van der Waals surface area contributed by atoms with E-state index in [4.69, 9.17) is 14.6 Å². The first-order chi connectivity index (χ1) is 11.2. The average Bonchev–Trinajstić information content (AvgIpc) is 2.78. The van der Waals surface area contributed by atoms with E-state index in [0.717, 1.165) is 17.4 Å². The molecule has 0 bridgehead atoms. The molecule has 2 aliphatic rings. The molecule has 2 aliphatic heterocycles. The third-order valence-electron chi connectivity index (χ3n) is 4.79. The molecule has 3 heterocycles. The van der Waals surface area contributed by atoms with Crippen LogP contribution in [0.4, 0.5) is 5.95 Å². The summed E-state index contributed by atoms with van der Waals surface area (Å²) in [5, 5.41) is 0. The number of nitrogens with two attached hydrogens (primary N) is 1. The van der Waals surface area contributed by atoms with Crippen molar-refractivity contribution in [3.05, 3.63) is 20.1 Å². The molecule has 116 valence electrons. The van der Waals surface area contributed by atoms with Gasteiger partial charge < -0.3 is 15.4 Å². The molecule has 2 saturated heterocycles. The van der Waals surface area contributed by atoms with Crippen molar-refractivity contribution in [1.82, 2.24) is 9.55 Å². The zero-order valence-electron chi connectivity index (χ0n) is 14.9. The fourth-order valence-electron chi connectivity index (χ4n) is 3.27. The lowest BCUT2D eigenvalue weighted by atomic mass is 9.73. The van der Waals surface area contributed by atoms with Gasteiger partial charge in [0.15, 0.2) is 0 Å². The summed E-state index contributed by atoms with van der Waals surface area (Å²) in [5.74, 6) is 0.204. The maximum atomic E-state index is 12.3. The van der Waals surface area contributed by atoms with Crippen LogP contribution in [0.5, 0.6) is 0 Å². The summed E-state index contributed by atoms with van der Waals surface area (Å²) in [6.45, 7) is 1.27. The maximum absolute atomic E-state index is 12.3. The van der Waals surface area contributed by atoms with E-state index in [1.54, 1.807) is 0 Å². The van der Waals surface area contributed by atoms with Crippen molar-refractivity contribution < 1.29 is 8.85 Å². The Hall–Kier alpha value is -0.670. The summed E-state index contributed by atoms with van der Waals surface area (Å²) in [4.78, 5) is 18.4. The van der Waals surface area contributed by atoms with Gasteiger partial charge in [0.1, 0.15) is 0 Å². The van der Waals surface area contributed by atoms with Crippen LogP contribution in [0, 0.1) is 8.99 Å². The largest absolute Gasteiger partial charge is 0.376 e. The van der Waals surface area contributed by atoms with E-state index in [1.165, 1.54) is 6.20 Å². The molecular weight excluding hydrogens is 383 g/mol. The van der Waals surface area contributed by atoms with Crippen LogP contribution in [0.15, 0.2) is 11.0 Å². The van der Waals surface area contributed by atoms with Gasteiger partial charge in [-0.1, -0.05) is 0 Å². The monoisotopic (exact) mass is 407 g/mol. The van der Waals surface area contributed by atoms with Crippen LogP contribution in [0.1, 0.15) is 23.9 Å². The van der Waals surface area contributed by atoms with Crippen LogP contribution in [0.25, 0.3) is 0 Å². The molecule has 2 N–H and O–H groups in total. The molecule has 2 atom stereocenters. The highest BCUT2D eigenvalue weighted by Crippen LogP contribution is 2.41. The highest BCUT2D eigenvalue weighted by atomic mass is 127. The Bertz CT molecular complexity index is 686. The van der Waals surface area contributed by atoms with Gasteiger partial charge in [0.25, 0.3) is 5.56 Å². The second-order valence-corrected chi connectivity index (χ2v) is 7.10. The molecule has 1 aromatic heterocycles. The fraction of sp³-hybridized carbons (Fsp3) is 0.714. The van der Waals surface area contributed by atoms with E-state index in [-0.39, 0.29) is 23.5 Å². The summed E-state index contributed by atoms with van der Waals surface area (Å²) in [5.41, 5.74) is 5.71. The molecule has 0 amide bonds. The van der Waals surface area contributed by atoms with Gasteiger partial charge in [-0.25, -0.2) is 4.98 Å². The summed E-state index contributed by atoms with van der Waals surface area (Å²) in [6.07, 6.45) is 3.05. The van der Waals surface area contributed by atoms with E-state index in [9.17, 15) is 4.79 Å². The SMILES string of the molecule is [2H]C([2H])([2H])n1c(N2CCC3(CC2)CO[C@@H](C)[C@H]3N)ncc(I)c1=O. The molecule has 7 heteroatoms. The minimum atomic E-state index is -2.56. The first kappa shape index (κ1) is 11.8. The highest BCUT2D eigenvalue weighted by molar-refractivity contribution is 14.1. The van der Waals surface area contributed by atoms with Gasteiger partial charge in [-0.2, -0.15) is 0 Å². The topological polar surface area (TPSA) is 73.4 Å². The summed E-state index contributed by atoms with van der Waals surface area (Å²) < 4.78 is 29.8. The minimum absolute atomic E-state index is 0.0193. The van der Waals surface area contributed by atoms with Crippen molar-refractivity contribution in [3.8, 4) is 0 Å². The number of ether oxygens (including phenoxy) is 1. The second-order valence-electron chi connectivity index (χ2n) is 5.94. The van der Waals surface area contributed by atoms with Crippen LogP contribution in [-0.4, -0.2) is 41.4 Å². The van der Waals surface area contributed by atoms with Gasteiger partial charge in [0.05, 0.1) is 16.3 Å². The number of rotatable bonds is 1. The molecule has 0 saturated carbocycles. The fourth-order valence-corrected chi connectivity index (χ4v) is 3.65. The van der Waals surface area contributed by atoms with Crippen molar-refractivity contribution in [2.75, 3.05) is 24.6 Å². The minimum Gasteiger partial charge on any atom is -0.376 e. The van der Waals surface area contributed by atoms with Gasteiger partial charge >= 0.3 is 0 Å². The Morgan fingerprint density at radius 3 is 2.86 bits per heavy atom. The highest BCUT2D eigenvalue weighted by Gasteiger charge is 2.47. The van der Waals surface area contributed by atoms with Gasteiger partial charge in [-0.15, -0.1) is 0 Å². The van der Waals surface area contributed by atoms with Gasteiger partial charge in [0.2, 0.25) is 5.95 Å². The molecule has 1 spiro atoms. The van der Waals surface area contributed by atoms with Crippen molar-refractivity contribution in [2.24, 2.45) is 18.1 Å².